The molecule has 1 heterocycles. The fourth-order valence-corrected chi connectivity index (χ4v) is 3.54. The van der Waals surface area contributed by atoms with E-state index in [0.717, 1.165) is 42.4 Å². The summed E-state index contributed by atoms with van der Waals surface area (Å²) in [5, 5.41) is 9.33. The SMILES string of the molecule is CCCCCCc1cc(CN2C(=O)CC[C@@H]2C(=O)O)ccc1CC(=O)OC. The van der Waals surface area contributed by atoms with Gasteiger partial charge in [-0.2, -0.15) is 0 Å². The van der Waals surface area contributed by atoms with Crippen molar-refractivity contribution in [1.29, 1.82) is 0 Å². The molecule has 0 bridgehead atoms. The van der Waals surface area contributed by atoms with E-state index < -0.39 is 12.0 Å². The molecule has 6 heteroatoms. The molecule has 2 rings (SSSR count). The van der Waals surface area contributed by atoms with Crippen LogP contribution in [0.4, 0.5) is 0 Å². The Kier molecular flexibility index (Phi) is 7.82. The third kappa shape index (κ3) is 5.81. The number of likely N-dealkylation sites (tertiary alicyclic amines) is 1. The molecule has 1 saturated heterocycles. The molecule has 1 aromatic carbocycles. The van der Waals surface area contributed by atoms with E-state index in [2.05, 4.69) is 6.92 Å². The lowest BCUT2D eigenvalue weighted by Gasteiger charge is -2.22. The first-order valence-corrected chi connectivity index (χ1v) is 9.66. The Hall–Kier alpha value is -2.37. The van der Waals surface area contributed by atoms with E-state index in [1.807, 2.05) is 18.2 Å². The van der Waals surface area contributed by atoms with Gasteiger partial charge in [0, 0.05) is 13.0 Å². The summed E-state index contributed by atoms with van der Waals surface area (Å²) in [5.41, 5.74) is 2.91. The van der Waals surface area contributed by atoms with E-state index in [1.54, 1.807) is 0 Å². The fraction of sp³-hybridized carbons (Fsp3) is 0.571. The van der Waals surface area contributed by atoms with Crippen LogP contribution in [0.25, 0.3) is 0 Å². The highest BCUT2D eigenvalue weighted by Gasteiger charge is 2.35. The van der Waals surface area contributed by atoms with Crippen molar-refractivity contribution in [2.24, 2.45) is 0 Å². The molecule has 0 saturated carbocycles. The van der Waals surface area contributed by atoms with E-state index in [-0.39, 0.29) is 31.3 Å². The van der Waals surface area contributed by atoms with Crippen molar-refractivity contribution in [3.05, 3.63) is 34.9 Å². The molecule has 0 aliphatic carbocycles. The standard InChI is InChI=1S/C21H29NO5/c1-3-4-5-6-7-16-12-15(8-9-17(16)13-20(24)27-2)14-22-18(21(25)26)10-11-19(22)23/h8-9,12,18H,3-7,10-11,13-14H2,1-2H3,(H,25,26)/t18-/m1/s1. The van der Waals surface area contributed by atoms with Gasteiger partial charge in [-0.1, -0.05) is 44.4 Å². The number of carbonyl (C=O) groups is 3. The molecule has 1 fully saturated rings. The molecular weight excluding hydrogens is 346 g/mol. The second-order valence-corrected chi connectivity index (χ2v) is 7.08. The number of aryl methyl sites for hydroxylation is 1. The van der Waals surface area contributed by atoms with E-state index in [1.165, 1.54) is 18.4 Å². The number of unbranched alkanes of at least 4 members (excludes halogenated alkanes) is 3. The van der Waals surface area contributed by atoms with Gasteiger partial charge in [-0.3, -0.25) is 9.59 Å². The van der Waals surface area contributed by atoms with Crippen LogP contribution in [0, 0.1) is 0 Å². The Labute approximate surface area is 160 Å². The first-order valence-electron chi connectivity index (χ1n) is 9.66. The predicted octanol–water partition coefficient (Wildman–Crippen LogP) is 3.10. The zero-order chi connectivity index (χ0) is 19.8. The number of benzene rings is 1. The summed E-state index contributed by atoms with van der Waals surface area (Å²) in [4.78, 5) is 36.6. The van der Waals surface area contributed by atoms with Gasteiger partial charge in [-0.25, -0.2) is 4.79 Å². The molecule has 0 spiro atoms. The van der Waals surface area contributed by atoms with Crippen molar-refractivity contribution in [2.45, 2.75) is 70.9 Å². The van der Waals surface area contributed by atoms with Gasteiger partial charge < -0.3 is 14.7 Å². The molecule has 1 amide bonds. The van der Waals surface area contributed by atoms with E-state index >= 15 is 0 Å². The van der Waals surface area contributed by atoms with Crippen LogP contribution in [0.15, 0.2) is 18.2 Å². The van der Waals surface area contributed by atoms with Crippen LogP contribution in [0.5, 0.6) is 0 Å². The van der Waals surface area contributed by atoms with Crippen molar-refractivity contribution >= 4 is 17.8 Å². The number of nitrogens with zero attached hydrogens (tertiary/aromatic N) is 1. The molecule has 1 aliphatic heterocycles. The lowest BCUT2D eigenvalue weighted by molar-refractivity contribution is -0.146. The van der Waals surface area contributed by atoms with Crippen LogP contribution < -0.4 is 0 Å². The Morgan fingerprint density at radius 3 is 2.67 bits per heavy atom. The smallest absolute Gasteiger partial charge is 0.326 e. The molecule has 0 aromatic heterocycles. The Morgan fingerprint density at radius 1 is 1.22 bits per heavy atom. The number of ether oxygens (including phenoxy) is 1. The molecule has 1 N–H and O–H groups in total. The molecule has 148 valence electrons. The van der Waals surface area contributed by atoms with Crippen molar-refractivity contribution in [3.8, 4) is 0 Å². The quantitative estimate of drug-likeness (QED) is 0.502. The number of amides is 1. The highest BCUT2D eigenvalue weighted by atomic mass is 16.5. The Bertz CT molecular complexity index is 685. The van der Waals surface area contributed by atoms with Crippen molar-refractivity contribution in [2.75, 3.05) is 7.11 Å². The van der Waals surface area contributed by atoms with Gasteiger partial charge in [0.15, 0.2) is 0 Å². The number of hydrogen-bond donors (Lipinski definition) is 1. The van der Waals surface area contributed by atoms with Crippen LogP contribution in [0.2, 0.25) is 0 Å². The maximum Gasteiger partial charge on any atom is 0.326 e. The second-order valence-electron chi connectivity index (χ2n) is 7.08. The van der Waals surface area contributed by atoms with Crippen molar-refractivity contribution in [1.82, 2.24) is 4.90 Å². The molecule has 1 atom stereocenters. The van der Waals surface area contributed by atoms with E-state index in [4.69, 9.17) is 4.74 Å². The average molecular weight is 375 g/mol. The zero-order valence-electron chi connectivity index (χ0n) is 16.2. The van der Waals surface area contributed by atoms with Gasteiger partial charge in [-0.05, 0) is 36.0 Å². The third-order valence-corrected chi connectivity index (χ3v) is 5.10. The first-order chi connectivity index (χ1) is 13.0. The molecule has 6 nitrogen and oxygen atoms in total. The highest BCUT2D eigenvalue weighted by Crippen LogP contribution is 2.24. The number of carboxylic acid groups (broad SMARTS) is 1. The predicted molar refractivity (Wildman–Crippen MR) is 101 cm³/mol. The summed E-state index contributed by atoms with van der Waals surface area (Å²) in [6.45, 7) is 2.45. The number of esters is 1. The first kappa shape index (κ1) is 20.9. The largest absolute Gasteiger partial charge is 0.480 e. The Morgan fingerprint density at radius 2 is 2.00 bits per heavy atom. The zero-order valence-corrected chi connectivity index (χ0v) is 16.2. The molecule has 0 unspecified atom stereocenters. The topological polar surface area (TPSA) is 83.9 Å². The number of rotatable bonds is 10. The average Bonchev–Trinajstić information content (AvgIpc) is 3.01. The minimum Gasteiger partial charge on any atom is -0.480 e. The van der Waals surface area contributed by atoms with Crippen molar-refractivity contribution in [3.63, 3.8) is 0 Å². The third-order valence-electron chi connectivity index (χ3n) is 5.10. The van der Waals surface area contributed by atoms with Gasteiger partial charge in [0.25, 0.3) is 0 Å². The van der Waals surface area contributed by atoms with Gasteiger partial charge in [-0.15, -0.1) is 0 Å². The minimum atomic E-state index is -0.956. The van der Waals surface area contributed by atoms with Crippen molar-refractivity contribution < 1.29 is 24.2 Å². The highest BCUT2D eigenvalue weighted by molar-refractivity contribution is 5.87. The summed E-state index contributed by atoms with van der Waals surface area (Å²) in [7, 11) is 1.38. The minimum absolute atomic E-state index is 0.120. The molecule has 0 radical (unpaired) electrons. The van der Waals surface area contributed by atoms with Gasteiger partial charge >= 0.3 is 11.9 Å². The fourth-order valence-electron chi connectivity index (χ4n) is 3.54. The Balaban J connectivity index is 2.17. The molecule has 1 aliphatic rings. The monoisotopic (exact) mass is 375 g/mol. The maximum atomic E-state index is 12.1. The van der Waals surface area contributed by atoms with Crippen LogP contribution >= 0.6 is 0 Å². The summed E-state index contributed by atoms with van der Waals surface area (Å²) in [5.74, 6) is -1.35. The van der Waals surface area contributed by atoms with E-state index in [0.29, 0.717) is 6.42 Å². The van der Waals surface area contributed by atoms with Gasteiger partial charge in [0.1, 0.15) is 6.04 Å². The second kappa shape index (κ2) is 10.1. The molecule has 27 heavy (non-hydrogen) atoms. The lowest BCUT2D eigenvalue weighted by atomic mass is 9.96. The van der Waals surface area contributed by atoms with E-state index in [9.17, 15) is 19.5 Å². The lowest BCUT2D eigenvalue weighted by Crippen LogP contribution is -2.37. The number of hydrogen-bond acceptors (Lipinski definition) is 4. The maximum absolute atomic E-state index is 12.1. The van der Waals surface area contributed by atoms with Gasteiger partial charge in [0.2, 0.25) is 5.91 Å². The number of carboxylic acids is 1. The summed E-state index contributed by atoms with van der Waals surface area (Å²) >= 11 is 0. The normalized spacial score (nSPS) is 16.6. The van der Waals surface area contributed by atoms with Gasteiger partial charge in [0.05, 0.1) is 13.5 Å². The van der Waals surface area contributed by atoms with Crippen LogP contribution in [0.3, 0.4) is 0 Å². The number of methoxy groups -OCH3 is 1. The molecular formula is C21H29NO5. The van der Waals surface area contributed by atoms with Crippen LogP contribution in [0.1, 0.15) is 62.1 Å². The molecule has 1 aromatic rings. The number of carbonyl (C=O) groups excluding carboxylic acids is 2. The summed E-state index contributed by atoms with van der Waals surface area (Å²) in [6, 6.07) is 5.03. The van der Waals surface area contributed by atoms with Crippen LogP contribution in [-0.2, 0) is 38.5 Å². The summed E-state index contributed by atoms with van der Waals surface area (Å²) < 4.78 is 4.79. The number of aliphatic carboxylic acids is 1. The summed E-state index contributed by atoms with van der Waals surface area (Å²) in [6.07, 6.45) is 6.21. The van der Waals surface area contributed by atoms with Crippen LogP contribution in [-0.4, -0.2) is 41.0 Å².